The van der Waals surface area contributed by atoms with Crippen molar-refractivity contribution in [3.8, 4) is 0 Å². The molecule has 1 atom stereocenters. The monoisotopic (exact) mass is 352 g/mol. The van der Waals surface area contributed by atoms with Crippen molar-refractivity contribution >= 4 is 41.7 Å². The number of imide groups is 2. The van der Waals surface area contributed by atoms with E-state index >= 15 is 0 Å². The summed E-state index contributed by atoms with van der Waals surface area (Å²) < 4.78 is 0. The first kappa shape index (κ1) is 17.9. The first-order valence-electron chi connectivity index (χ1n) is 7.33. The number of piperidine rings is 1. The molecule has 4 amide bonds. The van der Waals surface area contributed by atoms with Crippen molar-refractivity contribution in [2.45, 2.75) is 18.9 Å². The van der Waals surface area contributed by atoms with E-state index in [9.17, 15) is 19.2 Å². The smallest absolute Gasteiger partial charge is 0.264 e. The molecule has 0 bridgehead atoms. The predicted octanol–water partition coefficient (Wildman–Crippen LogP) is -0.120. The number of amides is 4. The van der Waals surface area contributed by atoms with E-state index < -0.39 is 29.7 Å². The van der Waals surface area contributed by atoms with Crippen LogP contribution in [0.4, 0.5) is 5.69 Å². The first-order valence-corrected chi connectivity index (χ1v) is 7.33. The van der Waals surface area contributed by atoms with Crippen LogP contribution in [0.5, 0.6) is 0 Å². The van der Waals surface area contributed by atoms with E-state index in [1.165, 1.54) is 0 Å². The van der Waals surface area contributed by atoms with Gasteiger partial charge in [-0.3, -0.25) is 29.4 Å². The zero-order chi connectivity index (χ0) is 16.6. The summed E-state index contributed by atoms with van der Waals surface area (Å²) in [5, 5.41) is 5.17. The Kier molecular flexibility index (Phi) is 5.20. The number of fused-ring (bicyclic) bond motifs is 1. The molecule has 8 nitrogen and oxygen atoms in total. The molecule has 9 heteroatoms. The Morgan fingerprint density at radius 3 is 2.62 bits per heavy atom. The molecule has 1 fully saturated rings. The van der Waals surface area contributed by atoms with E-state index in [4.69, 9.17) is 5.73 Å². The van der Waals surface area contributed by atoms with Gasteiger partial charge in [0.1, 0.15) is 6.04 Å². The second kappa shape index (κ2) is 6.98. The molecule has 24 heavy (non-hydrogen) atoms. The summed E-state index contributed by atoms with van der Waals surface area (Å²) in [4.78, 5) is 49.4. The number of nitrogens with two attached hydrogens (primary N) is 1. The Bertz CT molecular complexity index is 721. The number of hydrogen-bond acceptors (Lipinski definition) is 6. The molecule has 2 heterocycles. The highest BCUT2D eigenvalue weighted by Gasteiger charge is 2.45. The van der Waals surface area contributed by atoms with Gasteiger partial charge in [-0.15, -0.1) is 12.4 Å². The van der Waals surface area contributed by atoms with Gasteiger partial charge < -0.3 is 11.1 Å². The minimum absolute atomic E-state index is 0. The zero-order valence-electron chi connectivity index (χ0n) is 12.7. The maximum absolute atomic E-state index is 12.7. The number of hydrogen-bond donors (Lipinski definition) is 3. The number of halogens is 1. The van der Waals surface area contributed by atoms with E-state index in [1.807, 2.05) is 0 Å². The van der Waals surface area contributed by atoms with Gasteiger partial charge in [0.25, 0.3) is 11.8 Å². The average Bonchev–Trinajstić information content (AvgIpc) is 2.78. The third kappa shape index (κ3) is 2.85. The second-order valence-electron chi connectivity index (χ2n) is 5.39. The Balaban J connectivity index is 0.00000208. The lowest BCUT2D eigenvalue weighted by molar-refractivity contribution is -0.136. The van der Waals surface area contributed by atoms with Crippen molar-refractivity contribution < 1.29 is 19.2 Å². The minimum Gasteiger partial charge on any atom is -0.383 e. The van der Waals surface area contributed by atoms with Crippen molar-refractivity contribution in [3.63, 3.8) is 0 Å². The molecular formula is C15H17ClN4O4. The summed E-state index contributed by atoms with van der Waals surface area (Å²) in [6.45, 7) is 0.832. The SMILES string of the molecule is Cl.NCCNc1cccc2c1C(=O)N(C1CCC(=O)NC1=O)C2=O. The molecule has 3 rings (SSSR count). The van der Waals surface area contributed by atoms with Gasteiger partial charge in [0.05, 0.1) is 11.1 Å². The van der Waals surface area contributed by atoms with E-state index in [1.54, 1.807) is 18.2 Å². The predicted molar refractivity (Wildman–Crippen MR) is 87.9 cm³/mol. The van der Waals surface area contributed by atoms with Crippen LogP contribution >= 0.6 is 12.4 Å². The van der Waals surface area contributed by atoms with Crippen molar-refractivity contribution in [3.05, 3.63) is 29.3 Å². The van der Waals surface area contributed by atoms with Crippen LogP contribution in [-0.4, -0.2) is 47.7 Å². The quantitative estimate of drug-likeness (QED) is 0.649. The van der Waals surface area contributed by atoms with E-state index in [-0.39, 0.29) is 36.4 Å². The Hall–Kier alpha value is -2.45. The molecule has 0 aromatic heterocycles. The maximum atomic E-state index is 12.7. The van der Waals surface area contributed by atoms with Gasteiger partial charge in [-0.1, -0.05) is 6.07 Å². The Morgan fingerprint density at radius 1 is 1.21 bits per heavy atom. The minimum atomic E-state index is -0.956. The van der Waals surface area contributed by atoms with E-state index in [0.29, 0.717) is 18.8 Å². The molecule has 1 unspecified atom stereocenters. The second-order valence-corrected chi connectivity index (χ2v) is 5.39. The summed E-state index contributed by atoms with van der Waals surface area (Å²) in [5.41, 5.74) is 6.46. The number of rotatable bonds is 4. The van der Waals surface area contributed by atoms with Crippen molar-refractivity contribution in [1.82, 2.24) is 10.2 Å². The fourth-order valence-corrected chi connectivity index (χ4v) is 2.87. The van der Waals surface area contributed by atoms with Gasteiger partial charge in [-0.25, -0.2) is 0 Å². The molecule has 1 aromatic rings. The molecular weight excluding hydrogens is 336 g/mol. The lowest BCUT2D eigenvalue weighted by atomic mass is 10.0. The highest BCUT2D eigenvalue weighted by molar-refractivity contribution is 6.25. The molecule has 1 saturated heterocycles. The van der Waals surface area contributed by atoms with Crippen LogP contribution in [0.1, 0.15) is 33.6 Å². The van der Waals surface area contributed by atoms with Crippen molar-refractivity contribution in [2.75, 3.05) is 18.4 Å². The summed E-state index contributed by atoms with van der Waals surface area (Å²) in [6, 6.07) is 3.95. The van der Waals surface area contributed by atoms with Crippen molar-refractivity contribution in [1.29, 1.82) is 0 Å². The van der Waals surface area contributed by atoms with Crippen LogP contribution in [0, 0.1) is 0 Å². The molecule has 1 aromatic carbocycles. The highest BCUT2D eigenvalue weighted by atomic mass is 35.5. The fourth-order valence-electron chi connectivity index (χ4n) is 2.87. The molecule has 128 valence electrons. The average molecular weight is 353 g/mol. The van der Waals surface area contributed by atoms with Crippen LogP contribution in [-0.2, 0) is 9.59 Å². The number of carbonyl (C=O) groups excluding carboxylic acids is 4. The van der Waals surface area contributed by atoms with Crippen LogP contribution in [0.15, 0.2) is 18.2 Å². The summed E-state index contributed by atoms with van der Waals surface area (Å²) in [6.07, 6.45) is 0.240. The normalized spacial score (nSPS) is 19.7. The van der Waals surface area contributed by atoms with Gasteiger partial charge in [-0.05, 0) is 18.6 Å². The standard InChI is InChI=1S/C15H16N4O4.ClH/c16-6-7-17-9-3-1-2-8-12(9)15(23)19(14(8)22)10-4-5-11(20)18-13(10)21;/h1-3,10,17H,4-7,16H2,(H,18,20,21);1H. The Labute approximate surface area is 144 Å². The number of anilines is 1. The van der Waals surface area contributed by atoms with Crippen LogP contribution in [0.25, 0.3) is 0 Å². The molecule has 0 saturated carbocycles. The molecule has 2 aliphatic rings. The topological polar surface area (TPSA) is 122 Å². The lowest BCUT2D eigenvalue weighted by Crippen LogP contribution is -2.54. The van der Waals surface area contributed by atoms with Crippen molar-refractivity contribution in [2.24, 2.45) is 5.73 Å². The molecule has 0 aliphatic carbocycles. The molecule has 4 N–H and O–H groups in total. The number of nitrogens with zero attached hydrogens (tertiary/aromatic N) is 1. The Morgan fingerprint density at radius 2 is 1.96 bits per heavy atom. The maximum Gasteiger partial charge on any atom is 0.264 e. The zero-order valence-corrected chi connectivity index (χ0v) is 13.5. The van der Waals surface area contributed by atoms with Gasteiger partial charge in [0, 0.05) is 25.2 Å². The van der Waals surface area contributed by atoms with Crippen LogP contribution in [0.2, 0.25) is 0 Å². The van der Waals surface area contributed by atoms with E-state index in [2.05, 4.69) is 10.6 Å². The molecule has 2 aliphatic heterocycles. The highest BCUT2D eigenvalue weighted by Crippen LogP contribution is 2.32. The summed E-state index contributed by atoms with van der Waals surface area (Å²) in [5.74, 6) is -2.06. The largest absolute Gasteiger partial charge is 0.383 e. The van der Waals surface area contributed by atoms with Gasteiger partial charge in [0.15, 0.2) is 0 Å². The lowest BCUT2D eigenvalue weighted by Gasteiger charge is -2.27. The third-order valence-corrected chi connectivity index (χ3v) is 3.93. The van der Waals surface area contributed by atoms with Crippen LogP contribution < -0.4 is 16.4 Å². The van der Waals surface area contributed by atoms with E-state index in [0.717, 1.165) is 4.90 Å². The number of carbonyl (C=O) groups is 4. The summed E-state index contributed by atoms with van der Waals surface area (Å²) >= 11 is 0. The first-order chi connectivity index (χ1) is 11.0. The molecule has 0 spiro atoms. The third-order valence-electron chi connectivity index (χ3n) is 3.93. The number of benzene rings is 1. The van der Waals surface area contributed by atoms with Gasteiger partial charge in [0.2, 0.25) is 11.8 Å². The summed E-state index contributed by atoms with van der Waals surface area (Å²) in [7, 11) is 0. The fraction of sp³-hybridized carbons (Fsp3) is 0.333. The van der Waals surface area contributed by atoms with Gasteiger partial charge >= 0.3 is 0 Å². The van der Waals surface area contributed by atoms with Crippen LogP contribution in [0.3, 0.4) is 0 Å². The van der Waals surface area contributed by atoms with Gasteiger partial charge in [-0.2, -0.15) is 0 Å². The molecule has 0 radical (unpaired) electrons. The number of nitrogens with one attached hydrogen (secondary N) is 2.